The van der Waals surface area contributed by atoms with Crippen LogP contribution in [0.4, 0.5) is 5.69 Å². The highest BCUT2D eigenvalue weighted by molar-refractivity contribution is 7.89. The zero-order valence-electron chi connectivity index (χ0n) is 17.1. The van der Waals surface area contributed by atoms with Crippen molar-refractivity contribution >= 4 is 33.0 Å². The van der Waals surface area contributed by atoms with Gasteiger partial charge >= 0.3 is 0 Å². The minimum atomic E-state index is -3.70. The van der Waals surface area contributed by atoms with E-state index in [0.29, 0.717) is 5.69 Å². The average Bonchev–Trinajstić information content (AvgIpc) is 3.16. The van der Waals surface area contributed by atoms with E-state index in [2.05, 4.69) is 28.6 Å². The van der Waals surface area contributed by atoms with E-state index in [9.17, 15) is 13.2 Å². The first kappa shape index (κ1) is 21.8. The lowest BCUT2D eigenvalue weighted by atomic mass is 9.98. The minimum absolute atomic E-state index is 0.0233. The number of nitrogens with one attached hydrogen (secondary N) is 1. The lowest BCUT2D eigenvalue weighted by Crippen LogP contribution is -2.40. The second-order valence-electron chi connectivity index (χ2n) is 7.14. The number of carbonyl (C=O) groups excluding carboxylic acids is 1. The zero-order valence-corrected chi connectivity index (χ0v) is 18.8. The number of amides is 1. The first-order chi connectivity index (χ1) is 13.8. The van der Waals surface area contributed by atoms with E-state index in [1.54, 1.807) is 23.5 Å². The summed E-state index contributed by atoms with van der Waals surface area (Å²) in [6.45, 7) is 3.22. The molecule has 3 rings (SSSR count). The molecule has 2 aromatic rings. The molecule has 0 bridgehead atoms. The van der Waals surface area contributed by atoms with Crippen molar-refractivity contribution in [1.29, 1.82) is 0 Å². The second kappa shape index (κ2) is 8.83. The summed E-state index contributed by atoms with van der Waals surface area (Å²) in [5, 5.41) is 4.95. The van der Waals surface area contributed by atoms with Gasteiger partial charge in [-0.1, -0.05) is 6.92 Å². The maximum absolute atomic E-state index is 12.7. The number of thiophene rings is 1. The number of anilines is 1. The monoisotopic (exact) mass is 437 g/mol. The van der Waals surface area contributed by atoms with Gasteiger partial charge in [-0.15, -0.1) is 11.3 Å². The highest BCUT2D eigenvalue weighted by Gasteiger charge is 2.28. The van der Waals surface area contributed by atoms with Crippen molar-refractivity contribution < 1.29 is 17.9 Å². The van der Waals surface area contributed by atoms with Gasteiger partial charge in [0.1, 0.15) is 10.6 Å². The summed E-state index contributed by atoms with van der Waals surface area (Å²) in [5.41, 5.74) is 1.75. The van der Waals surface area contributed by atoms with Crippen LogP contribution in [-0.4, -0.2) is 57.8 Å². The Morgan fingerprint density at radius 1 is 1.34 bits per heavy atom. The molecule has 2 heterocycles. The molecule has 1 amide bonds. The van der Waals surface area contributed by atoms with Gasteiger partial charge < -0.3 is 10.1 Å². The third kappa shape index (κ3) is 4.48. The van der Waals surface area contributed by atoms with E-state index < -0.39 is 10.0 Å². The Balaban J connectivity index is 1.76. The SMILES string of the molecule is CC[C@@H]1c2ccsc2CCN1CC(=O)Nc1ccc(OC)c(S(=O)(=O)N(C)C)c1. The van der Waals surface area contributed by atoms with E-state index in [4.69, 9.17) is 4.74 Å². The Kier molecular flexibility index (Phi) is 6.62. The van der Waals surface area contributed by atoms with Gasteiger partial charge in [0, 0.05) is 37.2 Å². The van der Waals surface area contributed by atoms with E-state index in [1.807, 2.05) is 0 Å². The molecule has 1 aromatic heterocycles. The zero-order chi connectivity index (χ0) is 21.2. The van der Waals surface area contributed by atoms with Crippen molar-refractivity contribution in [3.05, 3.63) is 40.1 Å². The van der Waals surface area contributed by atoms with Crippen molar-refractivity contribution in [2.45, 2.75) is 30.7 Å². The van der Waals surface area contributed by atoms with Gasteiger partial charge in [-0.05, 0) is 48.1 Å². The van der Waals surface area contributed by atoms with Crippen molar-refractivity contribution in [2.75, 3.05) is 39.6 Å². The summed E-state index contributed by atoms with van der Waals surface area (Å²) < 4.78 is 31.4. The highest BCUT2D eigenvalue weighted by atomic mass is 32.2. The molecule has 1 atom stereocenters. The van der Waals surface area contributed by atoms with Crippen LogP contribution < -0.4 is 10.1 Å². The smallest absolute Gasteiger partial charge is 0.246 e. The summed E-state index contributed by atoms with van der Waals surface area (Å²) in [5.74, 6) is 0.0734. The van der Waals surface area contributed by atoms with E-state index in [-0.39, 0.29) is 29.1 Å². The molecule has 29 heavy (non-hydrogen) atoms. The Morgan fingerprint density at radius 2 is 2.10 bits per heavy atom. The van der Waals surface area contributed by atoms with Gasteiger partial charge in [-0.2, -0.15) is 0 Å². The van der Waals surface area contributed by atoms with E-state index in [1.165, 1.54) is 37.7 Å². The number of nitrogens with zero attached hydrogens (tertiary/aromatic N) is 2. The molecular formula is C20H27N3O4S2. The highest BCUT2D eigenvalue weighted by Crippen LogP contribution is 2.35. The standard InChI is InChI=1S/C20H27N3O4S2/c1-5-16-15-9-11-28-18(15)8-10-23(16)13-20(24)21-14-6-7-17(27-4)19(12-14)29(25,26)22(2)3/h6-7,9,11-12,16H,5,8,10,13H2,1-4H3,(H,21,24)/t16-/m1/s1. The summed E-state index contributed by atoms with van der Waals surface area (Å²) in [7, 11) is 0.638. The quantitative estimate of drug-likeness (QED) is 0.721. The average molecular weight is 438 g/mol. The molecule has 0 fully saturated rings. The summed E-state index contributed by atoms with van der Waals surface area (Å²) in [6, 6.07) is 7.03. The molecule has 158 valence electrons. The lowest BCUT2D eigenvalue weighted by molar-refractivity contribution is -0.118. The number of rotatable bonds is 7. The van der Waals surface area contributed by atoms with Gasteiger partial charge in [0.2, 0.25) is 15.9 Å². The Labute approximate surface area is 176 Å². The molecule has 1 N–H and O–H groups in total. The molecule has 9 heteroatoms. The number of fused-ring (bicyclic) bond motifs is 1. The van der Waals surface area contributed by atoms with Gasteiger partial charge in [-0.3, -0.25) is 9.69 Å². The molecule has 0 saturated heterocycles. The fraction of sp³-hybridized carbons (Fsp3) is 0.450. The van der Waals surface area contributed by atoms with Crippen LogP contribution in [0.3, 0.4) is 0 Å². The minimum Gasteiger partial charge on any atom is -0.495 e. The number of hydrogen-bond donors (Lipinski definition) is 1. The Morgan fingerprint density at radius 3 is 2.76 bits per heavy atom. The van der Waals surface area contributed by atoms with Gasteiger partial charge in [-0.25, -0.2) is 12.7 Å². The van der Waals surface area contributed by atoms with Crippen LogP contribution in [0.1, 0.15) is 29.8 Å². The molecule has 0 aliphatic carbocycles. The Hall–Kier alpha value is -1.94. The number of benzene rings is 1. The van der Waals surface area contributed by atoms with Crippen LogP contribution in [0, 0.1) is 0 Å². The van der Waals surface area contributed by atoms with Crippen LogP contribution in [0.2, 0.25) is 0 Å². The third-order valence-electron chi connectivity index (χ3n) is 5.15. The van der Waals surface area contributed by atoms with Crippen molar-refractivity contribution in [2.24, 2.45) is 0 Å². The van der Waals surface area contributed by atoms with Crippen molar-refractivity contribution in [3.8, 4) is 5.75 Å². The number of hydrogen-bond acceptors (Lipinski definition) is 6. The largest absolute Gasteiger partial charge is 0.495 e. The maximum Gasteiger partial charge on any atom is 0.246 e. The first-order valence-electron chi connectivity index (χ1n) is 9.48. The predicted molar refractivity (Wildman–Crippen MR) is 115 cm³/mol. The second-order valence-corrected chi connectivity index (χ2v) is 10.3. The molecule has 1 aliphatic heterocycles. The molecule has 1 aliphatic rings. The topological polar surface area (TPSA) is 79.0 Å². The number of methoxy groups -OCH3 is 1. The third-order valence-corrected chi connectivity index (χ3v) is 7.98. The summed E-state index contributed by atoms with van der Waals surface area (Å²) in [6.07, 6.45) is 1.88. The van der Waals surface area contributed by atoms with Gasteiger partial charge in [0.05, 0.1) is 13.7 Å². The van der Waals surface area contributed by atoms with Crippen LogP contribution >= 0.6 is 11.3 Å². The van der Waals surface area contributed by atoms with Gasteiger partial charge in [0.15, 0.2) is 0 Å². The Bertz CT molecular complexity index is 985. The van der Waals surface area contributed by atoms with Crippen LogP contribution in [0.5, 0.6) is 5.75 Å². The van der Waals surface area contributed by atoms with Crippen LogP contribution in [0.15, 0.2) is 34.5 Å². The summed E-state index contributed by atoms with van der Waals surface area (Å²) >= 11 is 1.78. The molecule has 0 unspecified atom stereocenters. The number of carbonyl (C=O) groups is 1. The maximum atomic E-state index is 12.7. The van der Waals surface area contributed by atoms with Crippen molar-refractivity contribution in [1.82, 2.24) is 9.21 Å². The van der Waals surface area contributed by atoms with Crippen LogP contribution in [-0.2, 0) is 21.2 Å². The molecule has 0 radical (unpaired) electrons. The predicted octanol–water partition coefficient (Wildman–Crippen LogP) is 2.95. The molecule has 7 nitrogen and oxygen atoms in total. The number of sulfonamides is 1. The molecule has 0 saturated carbocycles. The normalized spacial score (nSPS) is 17.2. The van der Waals surface area contributed by atoms with Crippen molar-refractivity contribution in [3.63, 3.8) is 0 Å². The molecular weight excluding hydrogens is 410 g/mol. The van der Waals surface area contributed by atoms with E-state index >= 15 is 0 Å². The fourth-order valence-corrected chi connectivity index (χ4v) is 5.66. The van der Waals surface area contributed by atoms with E-state index in [0.717, 1.165) is 23.7 Å². The molecule has 0 spiro atoms. The summed E-state index contributed by atoms with van der Waals surface area (Å²) in [4.78, 5) is 16.3. The van der Waals surface area contributed by atoms with Crippen LogP contribution in [0.25, 0.3) is 0 Å². The molecule has 1 aromatic carbocycles. The lowest BCUT2D eigenvalue weighted by Gasteiger charge is -2.34. The number of ether oxygens (including phenoxy) is 1. The fourth-order valence-electron chi connectivity index (χ4n) is 3.65. The van der Waals surface area contributed by atoms with Gasteiger partial charge in [0.25, 0.3) is 0 Å². The first-order valence-corrected chi connectivity index (χ1v) is 11.8.